The van der Waals surface area contributed by atoms with Gasteiger partial charge in [0.15, 0.2) is 0 Å². The fourth-order valence-corrected chi connectivity index (χ4v) is 4.23. The van der Waals surface area contributed by atoms with Crippen molar-refractivity contribution in [2.24, 2.45) is 10.3 Å². The topological polar surface area (TPSA) is 135 Å². The maximum absolute atomic E-state index is 12.1. The highest BCUT2D eigenvalue weighted by molar-refractivity contribution is 7.92. The van der Waals surface area contributed by atoms with Gasteiger partial charge in [0.2, 0.25) is 0 Å². The lowest BCUT2D eigenvalue weighted by molar-refractivity contribution is 0.402. The first-order valence-electron chi connectivity index (χ1n) is 9.19. The van der Waals surface area contributed by atoms with Gasteiger partial charge in [-0.2, -0.15) is 5.26 Å². The SMILES string of the molecule is CC1CC(N=S(C)(C)=O)CN(c2cc(-c3cnc(/C=C\C(=N)C#N)[nH]3)ncn2)C1. The molecule has 152 valence electrons. The van der Waals surface area contributed by atoms with Crippen LogP contribution in [0, 0.1) is 22.7 Å². The molecule has 0 spiro atoms. The normalized spacial score (nSPS) is 19.9. The molecule has 1 aliphatic rings. The van der Waals surface area contributed by atoms with Gasteiger partial charge < -0.3 is 9.88 Å². The highest BCUT2D eigenvalue weighted by atomic mass is 32.2. The van der Waals surface area contributed by atoms with Gasteiger partial charge in [-0.15, -0.1) is 0 Å². The average Bonchev–Trinajstić information content (AvgIpc) is 3.13. The molecular formula is C19H24N8OS. The van der Waals surface area contributed by atoms with Crippen molar-refractivity contribution in [1.82, 2.24) is 19.9 Å². The molecule has 1 fully saturated rings. The Morgan fingerprint density at radius 3 is 2.93 bits per heavy atom. The summed E-state index contributed by atoms with van der Waals surface area (Å²) in [7, 11) is -2.15. The number of nitrogens with zero attached hydrogens (tertiary/aromatic N) is 6. The minimum atomic E-state index is -2.15. The summed E-state index contributed by atoms with van der Waals surface area (Å²) in [4.78, 5) is 18.3. The Morgan fingerprint density at radius 2 is 2.21 bits per heavy atom. The number of rotatable bonds is 5. The first kappa shape index (κ1) is 20.7. The molecule has 0 radical (unpaired) electrons. The van der Waals surface area contributed by atoms with Crippen molar-refractivity contribution in [3.8, 4) is 17.5 Å². The van der Waals surface area contributed by atoms with Gasteiger partial charge in [0.25, 0.3) is 0 Å². The zero-order chi connectivity index (χ0) is 21.0. The molecule has 0 aliphatic carbocycles. The van der Waals surface area contributed by atoms with E-state index in [0.717, 1.165) is 18.8 Å². The lowest BCUT2D eigenvalue weighted by Crippen LogP contribution is -2.42. The second kappa shape index (κ2) is 8.53. The second-order valence-corrected chi connectivity index (χ2v) is 10.1. The number of hydrogen-bond donors (Lipinski definition) is 2. The van der Waals surface area contributed by atoms with E-state index in [4.69, 9.17) is 10.7 Å². The van der Waals surface area contributed by atoms with Gasteiger partial charge in [-0.05, 0) is 24.5 Å². The van der Waals surface area contributed by atoms with Crippen LogP contribution in [0.5, 0.6) is 0 Å². The summed E-state index contributed by atoms with van der Waals surface area (Å²) in [6.07, 6.45) is 10.4. The third-order valence-electron chi connectivity index (χ3n) is 4.42. The minimum absolute atomic E-state index is 0.0130. The van der Waals surface area contributed by atoms with Crippen LogP contribution in [0.3, 0.4) is 0 Å². The number of H-pyrrole nitrogens is 1. The Balaban J connectivity index is 1.82. The van der Waals surface area contributed by atoms with Crippen LogP contribution in [0.1, 0.15) is 19.2 Å². The molecule has 3 rings (SSSR count). The number of hydrogen-bond acceptors (Lipinski definition) is 8. The highest BCUT2D eigenvalue weighted by Gasteiger charge is 2.26. The van der Waals surface area contributed by atoms with Gasteiger partial charge in [0.1, 0.15) is 29.8 Å². The monoisotopic (exact) mass is 412 g/mol. The van der Waals surface area contributed by atoms with Gasteiger partial charge in [-0.3, -0.25) is 9.62 Å². The number of allylic oxidation sites excluding steroid dienone is 1. The summed E-state index contributed by atoms with van der Waals surface area (Å²) in [6, 6.07) is 3.65. The smallest absolute Gasteiger partial charge is 0.132 e. The Kier molecular flexibility index (Phi) is 6.08. The van der Waals surface area contributed by atoms with E-state index in [-0.39, 0.29) is 11.8 Å². The number of nitrogens with one attached hydrogen (secondary N) is 2. The van der Waals surface area contributed by atoms with Crippen LogP contribution in [0.15, 0.2) is 29.0 Å². The largest absolute Gasteiger partial charge is 0.354 e. The Hall–Kier alpha value is -3.06. The van der Waals surface area contributed by atoms with E-state index in [1.165, 1.54) is 12.4 Å². The number of piperidine rings is 1. The van der Waals surface area contributed by atoms with E-state index in [2.05, 4.69) is 36.1 Å². The average molecular weight is 413 g/mol. The summed E-state index contributed by atoms with van der Waals surface area (Å²) in [5.74, 6) is 1.74. The van der Waals surface area contributed by atoms with Crippen LogP contribution in [-0.4, -0.2) is 61.5 Å². The summed E-state index contributed by atoms with van der Waals surface area (Å²) < 4.78 is 16.6. The lowest BCUT2D eigenvalue weighted by Gasteiger charge is -2.35. The van der Waals surface area contributed by atoms with Gasteiger partial charge in [0, 0.05) is 41.4 Å². The molecular weight excluding hydrogens is 388 g/mol. The molecule has 1 saturated heterocycles. The molecule has 2 unspecified atom stereocenters. The minimum Gasteiger partial charge on any atom is -0.354 e. The predicted octanol–water partition coefficient (Wildman–Crippen LogP) is 2.37. The van der Waals surface area contributed by atoms with Crippen molar-refractivity contribution >= 4 is 27.3 Å². The van der Waals surface area contributed by atoms with Crippen LogP contribution >= 0.6 is 0 Å². The number of aromatic nitrogens is 4. The Morgan fingerprint density at radius 1 is 1.41 bits per heavy atom. The molecule has 3 heterocycles. The summed E-state index contributed by atoms with van der Waals surface area (Å²) in [6.45, 7) is 3.69. The van der Waals surface area contributed by atoms with Gasteiger partial charge in [-0.1, -0.05) is 6.92 Å². The van der Waals surface area contributed by atoms with Crippen LogP contribution in [0.25, 0.3) is 17.5 Å². The van der Waals surface area contributed by atoms with Crippen molar-refractivity contribution in [3.63, 3.8) is 0 Å². The molecule has 0 saturated carbocycles. The van der Waals surface area contributed by atoms with Crippen LogP contribution in [0.4, 0.5) is 5.82 Å². The van der Waals surface area contributed by atoms with Gasteiger partial charge in [0.05, 0.1) is 23.6 Å². The maximum atomic E-state index is 12.1. The van der Waals surface area contributed by atoms with E-state index >= 15 is 0 Å². The van der Waals surface area contributed by atoms with E-state index in [9.17, 15) is 4.21 Å². The number of imidazole rings is 1. The third kappa shape index (κ3) is 5.71. The Labute approximate surface area is 170 Å². The zero-order valence-electron chi connectivity index (χ0n) is 16.7. The fourth-order valence-electron chi connectivity index (χ4n) is 3.36. The first-order valence-corrected chi connectivity index (χ1v) is 11.5. The molecule has 2 aromatic heterocycles. The second-order valence-electron chi connectivity index (χ2n) is 7.49. The summed E-state index contributed by atoms with van der Waals surface area (Å²) in [5, 5.41) is 16.0. The highest BCUT2D eigenvalue weighted by Crippen LogP contribution is 2.26. The van der Waals surface area contributed by atoms with E-state index in [1.54, 1.807) is 30.9 Å². The summed E-state index contributed by atoms with van der Waals surface area (Å²) >= 11 is 0. The first-order chi connectivity index (χ1) is 13.7. The molecule has 2 N–H and O–H groups in total. The molecule has 0 aromatic carbocycles. The number of aromatic amines is 1. The van der Waals surface area contributed by atoms with E-state index < -0.39 is 9.73 Å². The molecule has 2 aromatic rings. The van der Waals surface area contributed by atoms with Crippen molar-refractivity contribution in [2.45, 2.75) is 19.4 Å². The van der Waals surface area contributed by atoms with Crippen molar-refractivity contribution in [3.05, 3.63) is 30.5 Å². The third-order valence-corrected chi connectivity index (χ3v) is 5.22. The molecule has 10 heteroatoms. The maximum Gasteiger partial charge on any atom is 0.132 e. The number of anilines is 1. The van der Waals surface area contributed by atoms with Crippen LogP contribution in [0.2, 0.25) is 0 Å². The van der Waals surface area contributed by atoms with Gasteiger partial charge >= 0.3 is 0 Å². The van der Waals surface area contributed by atoms with E-state index in [0.29, 0.717) is 29.7 Å². The molecule has 1 aliphatic heterocycles. The lowest BCUT2D eigenvalue weighted by atomic mass is 9.96. The molecule has 0 bridgehead atoms. The summed E-state index contributed by atoms with van der Waals surface area (Å²) in [5.41, 5.74) is 1.27. The van der Waals surface area contributed by atoms with Gasteiger partial charge in [-0.25, -0.2) is 19.3 Å². The van der Waals surface area contributed by atoms with Crippen molar-refractivity contribution in [2.75, 3.05) is 30.5 Å². The van der Waals surface area contributed by atoms with Crippen molar-refractivity contribution in [1.29, 1.82) is 10.7 Å². The van der Waals surface area contributed by atoms with Crippen LogP contribution < -0.4 is 4.90 Å². The predicted molar refractivity (Wildman–Crippen MR) is 114 cm³/mol. The fraction of sp³-hybridized carbons (Fsp3) is 0.421. The molecule has 2 atom stereocenters. The number of nitriles is 1. The van der Waals surface area contributed by atoms with Crippen molar-refractivity contribution < 1.29 is 4.21 Å². The standard InChI is InChI=1S/C19H24N8OS/c1-13-6-15(26-29(2,3)28)11-27(10-13)19-7-16(23-12-24-19)17-9-22-18(25-17)5-4-14(21)8-20/h4-5,7,9,12-13,15,21H,6,10-11H2,1-3H3,(H,22,25)/b5-4-,21-14?. The quantitative estimate of drug-likeness (QED) is 0.724. The molecule has 9 nitrogen and oxygen atoms in total. The van der Waals surface area contributed by atoms with Crippen LogP contribution in [-0.2, 0) is 9.73 Å². The Bertz CT molecular complexity index is 1080. The molecule has 0 amide bonds. The van der Waals surface area contributed by atoms with E-state index in [1.807, 2.05) is 6.07 Å². The molecule has 29 heavy (non-hydrogen) atoms. The zero-order valence-corrected chi connectivity index (χ0v) is 17.5.